The van der Waals surface area contributed by atoms with Crippen molar-refractivity contribution < 1.29 is 0 Å². The Bertz CT molecular complexity index is 827. The number of halogens is 4. The van der Waals surface area contributed by atoms with E-state index in [4.69, 9.17) is 0 Å². The quantitative estimate of drug-likeness (QED) is 0.248. The molecule has 3 aromatic rings. The van der Waals surface area contributed by atoms with Gasteiger partial charge < -0.3 is 0 Å². The fraction of sp³-hybridized carbons (Fsp3) is 0.182. The predicted molar refractivity (Wildman–Crippen MR) is 128 cm³/mol. The lowest BCUT2D eigenvalue weighted by Crippen LogP contribution is -1.97. The Labute approximate surface area is 188 Å². The highest BCUT2D eigenvalue weighted by atomic mass is 79.9. The third-order valence-corrected chi connectivity index (χ3v) is 6.94. The van der Waals surface area contributed by atoms with Crippen LogP contribution < -0.4 is 0 Å². The summed E-state index contributed by atoms with van der Waals surface area (Å²) in [7, 11) is 0. The molecular formula is C22H18Br4. The molecule has 0 fully saturated rings. The summed E-state index contributed by atoms with van der Waals surface area (Å²) in [4.78, 5) is 0. The lowest BCUT2D eigenvalue weighted by atomic mass is 9.89. The van der Waals surface area contributed by atoms with Gasteiger partial charge in [0, 0.05) is 21.3 Å². The maximum atomic E-state index is 3.71. The molecule has 0 aromatic heterocycles. The number of rotatable bonds is 6. The molecule has 0 amide bonds. The first-order valence-electron chi connectivity index (χ1n) is 8.29. The van der Waals surface area contributed by atoms with E-state index in [1.54, 1.807) is 0 Å². The molecule has 0 bridgehead atoms. The normalized spacial score (nSPS) is 10.9. The molecule has 0 atom stereocenters. The Morgan fingerprint density at radius 2 is 0.769 bits per heavy atom. The minimum atomic E-state index is 0.824. The van der Waals surface area contributed by atoms with Crippen LogP contribution in [0.4, 0.5) is 0 Å². The van der Waals surface area contributed by atoms with Gasteiger partial charge in [-0.15, -0.1) is 0 Å². The number of alkyl halides is 4. The molecule has 4 heteroatoms. The van der Waals surface area contributed by atoms with Gasteiger partial charge in [0.1, 0.15) is 0 Å². The first kappa shape index (κ1) is 20.3. The minimum Gasteiger partial charge on any atom is -0.0876 e. The minimum absolute atomic E-state index is 0.824. The van der Waals surface area contributed by atoms with Crippen LogP contribution in [-0.4, -0.2) is 0 Å². The average molecular weight is 602 g/mol. The topological polar surface area (TPSA) is 0 Å². The molecular weight excluding hydrogens is 584 g/mol. The molecule has 0 aliphatic heterocycles. The average Bonchev–Trinajstić information content (AvgIpc) is 2.72. The van der Waals surface area contributed by atoms with Crippen LogP contribution in [0, 0.1) is 0 Å². The summed E-state index contributed by atoms with van der Waals surface area (Å²) in [5.41, 5.74) is 10.4. The van der Waals surface area contributed by atoms with Crippen molar-refractivity contribution in [3.8, 4) is 22.3 Å². The van der Waals surface area contributed by atoms with Crippen LogP contribution in [0.5, 0.6) is 0 Å². The lowest BCUT2D eigenvalue weighted by molar-refractivity contribution is 1.32. The second-order valence-electron chi connectivity index (χ2n) is 6.02. The van der Waals surface area contributed by atoms with Gasteiger partial charge in [0.15, 0.2) is 0 Å². The molecule has 3 aromatic carbocycles. The Morgan fingerprint density at radius 3 is 1.12 bits per heavy atom. The standard InChI is InChI=1S/C22H18Br4/c23-11-15-5-1-3-7-19(15)21-9-18(14-26)22(10-17(21)13-25)20-8-4-2-6-16(20)12-24/h1-10H,11-14H2. The maximum Gasteiger partial charge on any atom is 0.0289 e. The van der Waals surface area contributed by atoms with E-state index in [9.17, 15) is 0 Å². The first-order chi connectivity index (χ1) is 12.7. The summed E-state index contributed by atoms with van der Waals surface area (Å²) in [5.74, 6) is 0. The van der Waals surface area contributed by atoms with E-state index in [-0.39, 0.29) is 0 Å². The van der Waals surface area contributed by atoms with E-state index in [0.29, 0.717) is 0 Å². The largest absolute Gasteiger partial charge is 0.0876 e. The van der Waals surface area contributed by atoms with Crippen LogP contribution in [0.3, 0.4) is 0 Å². The van der Waals surface area contributed by atoms with Gasteiger partial charge in [-0.1, -0.05) is 112 Å². The van der Waals surface area contributed by atoms with Crippen molar-refractivity contribution in [1.29, 1.82) is 0 Å². The summed E-state index contributed by atoms with van der Waals surface area (Å²) in [6, 6.07) is 21.9. The molecule has 26 heavy (non-hydrogen) atoms. The van der Waals surface area contributed by atoms with Gasteiger partial charge in [-0.2, -0.15) is 0 Å². The summed E-state index contributed by atoms with van der Waals surface area (Å²) in [6.45, 7) is 0. The Morgan fingerprint density at radius 1 is 0.423 bits per heavy atom. The number of benzene rings is 3. The van der Waals surface area contributed by atoms with Crippen molar-refractivity contribution in [2.45, 2.75) is 21.3 Å². The number of hydrogen-bond donors (Lipinski definition) is 0. The zero-order valence-electron chi connectivity index (χ0n) is 14.1. The SMILES string of the molecule is BrCc1ccccc1-c1cc(CBr)c(-c2ccccc2CBr)cc1CBr. The highest BCUT2D eigenvalue weighted by Gasteiger charge is 2.15. The van der Waals surface area contributed by atoms with Gasteiger partial charge in [-0.3, -0.25) is 0 Å². The van der Waals surface area contributed by atoms with Crippen molar-refractivity contribution in [3.05, 3.63) is 82.9 Å². The van der Waals surface area contributed by atoms with Gasteiger partial charge in [-0.25, -0.2) is 0 Å². The molecule has 0 N–H and O–H groups in total. The molecule has 0 aliphatic carbocycles. The third-order valence-electron chi connectivity index (χ3n) is 4.52. The maximum absolute atomic E-state index is 3.71. The molecule has 134 valence electrons. The molecule has 3 rings (SSSR count). The van der Waals surface area contributed by atoms with Crippen molar-refractivity contribution in [1.82, 2.24) is 0 Å². The molecule has 0 radical (unpaired) electrons. The Balaban J connectivity index is 2.25. The fourth-order valence-electron chi connectivity index (χ4n) is 3.21. The molecule has 0 saturated carbocycles. The van der Waals surface area contributed by atoms with Crippen LogP contribution in [0.2, 0.25) is 0 Å². The van der Waals surface area contributed by atoms with Crippen LogP contribution in [0.1, 0.15) is 22.3 Å². The molecule has 0 aliphatic rings. The first-order valence-corrected chi connectivity index (χ1v) is 12.8. The zero-order valence-corrected chi connectivity index (χ0v) is 20.5. The summed E-state index contributed by atoms with van der Waals surface area (Å²) in [6.07, 6.45) is 0. The summed E-state index contributed by atoms with van der Waals surface area (Å²) < 4.78 is 0. The zero-order chi connectivity index (χ0) is 18.5. The second-order valence-corrected chi connectivity index (χ2v) is 8.26. The van der Waals surface area contributed by atoms with Gasteiger partial charge in [-0.05, 0) is 56.6 Å². The van der Waals surface area contributed by atoms with Gasteiger partial charge in [0.05, 0.1) is 0 Å². The third kappa shape index (κ3) is 4.19. The van der Waals surface area contributed by atoms with E-state index in [1.165, 1.54) is 44.5 Å². The summed E-state index contributed by atoms with van der Waals surface area (Å²) in [5, 5.41) is 3.35. The predicted octanol–water partition coefficient (Wildman–Crippen LogP) is 8.60. The van der Waals surface area contributed by atoms with Crippen molar-refractivity contribution in [3.63, 3.8) is 0 Å². The van der Waals surface area contributed by atoms with Gasteiger partial charge in [0.25, 0.3) is 0 Å². The van der Waals surface area contributed by atoms with Crippen LogP contribution in [-0.2, 0) is 21.3 Å². The Hall–Kier alpha value is -0.420. The highest BCUT2D eigenvalue weighted by molar-refractivity contribution is 9.09. The van der Waals surface area contributed by atoms with Crippen molar-refractivity contribution in [2.24, 2.45) is 0 Å². The molecule has 0 saturated heterocycles. The monoisotopic (exact) mass is 598 g/mol. The van der Waals surface area contributed by atoms with Crippen LogP contribution in [0.25, 0.3) is 22.3 Å². The molecule has 0 unspecified atom stereocenters. The fourth-order valence-corrected chi connectivity index (χ4v) is 5.12. The number of hydrogen-bond acceptors (Lipinski definition) is 0. The smallest absolute Gasteiger partial charge is 0.0289 e. The van der Waals surface area contributed by atoms with Crippen molar-refractivity contribution >= 4 is 63.7 Å². The summed E-state index contributed by atoms with van der Waals surface area (Å²) >= 11 is 14.7. The van der Waals surface area contributed by atoms with Gasteiger partial charge >= 0.3 is 0 Å². The van der Waals surface area contributed by atoms with E-state index in [0.717, 1.165) is 21.3 Å². The second kappa shape index (κ2) is 9.68. The molecule has 0 spiro atoms. The molecule has 0 heterocycles. The molecule has 0 nitrogen and oxygen atoms in total. The van der Waals surface area contributed by atoms with Gasteiger partial charge in [0.2, 0.25) is 0 Å². The van der Waals surface area contributed by atoms with Crippen LogP contribution in [0.15, 0.2) is 60.7 Å². The Kier molecular flexibility index (Phi) is 7.56. The van der Waals surface area contributed by atoms with E-state index < -0.39 is 0 Å². The highest BCUT2D eigenvalue weighted by Crippen LogP contribution is 2.37. The lowest BCUT2D eigenvalue weighted by Gasteiger charge is -2.18. The van der Waals surface area contributed by atoms with E-state index in [2.05, 4.69) is 124 Å². The van der Waals surface area contributed by atoms with E-state index >= 15 is 0 Å². The van der Waals surface area contributed by atoms with E-state index in [1.807, 2.05) is 0 Å². The van der Waals surface area contributed by atoms with Crippen molar-refractivity contribution in [2.75, 3.05) is 0 Å². The van der Waals surface area contributed by atoms with Crippen LogP contribution >= 0.6 is 63.7 Å².